The molecule has 0 spiro atoms. The maximum absolute atomic E-state index is 14.7. The number of ketones is 1. The van der Waals surface area contributed by atoms with Crippen LogP contribution in [0.5, 0.6) is 0 Å². The number of aromatic nitrogens is 4. The fourth-order valence-electron chi connectivity index (χ4n) is 10.4. The van der Waals surface area contributed by atoms with Crippen LogP contribution in [-0.2, 0) is 23.9 Å². The lowest BCUT2D eigenvalue weighted by Crippen LogP contribution is -2.50. The van der Waals surface area contributed by atoms with Gasteiger partial charge in [-0.1, -0.05) is 62.3 Å². The van der Waals surface area contributed by atoms with Gasteiger partial charge in [-0.25, -0.2) is 9.97 Å². The summed E-state index contributed by atoms with van der Waals surface area (Å²) in [5.74, 6) is -0.533. The Balaban J connectivity index is 0.907. The molecule has 16 heteroatoms. The summed E-state index contributed by atoms with van der Waals surface area (Å²) in [7, 11) is 0. The van der Waals surface area contributed by atoms with Crippen molar-refractivity contribution in [2.75, 3.05) is 37.6 Å². The molecule has 0 bridgehead atoms. The van der Waals surface area contributed by atoms with Crippen molar-refractivity contribution >= 4 is 62.2 Å². The molecular weight excluding hydrogens is 993 g/mol. The number of aryl methyl sites for hydroxylation is 4. The van der Waals surface area contributed by atoms with Gasteiger partial charge in [0.05, 0.1) is 52.9 Å². The Morgan fingerprint density at radius 1 is 0.972 bits per heavy atom. The highest BCUT2D eigenvalue weighted by Crippen LogP contribution is 2.39. The molecule has 8 rings (SSSR count). The minimum Gasteiger partial charge on any atom is -0.461 e. The van der Waals surface area contributed by atoms with E-state index in [1.807, 2.05) is 89.0 Å². The first kappa shape index (κ1) is 52.4. The van der Waals surface area contributed by atoms with Gasteiger partial charge in [0.1, 0.15) is 23.7 Å². The number of esters is 1. The van der Waals surface area contributed by atoms with Crippen LogP contribution in [0.15, 0.2) is 93.9 Å². The van der Waals surface area contributed by atoms with Crippen LogP contribution in [-0.4, -0.2) is 97.9 Å². The largest absolute Gasteiger partial charge is 0.461 e. The monoisotopic (exact) mass is 1060 g/mol. The molecule has 2 aliphatic heterocycles. The lowest BCUT2D eigenvalue weighted by molar-refractivity contribution is -0.148. The van der Waals surface area contributed by atoms with Gasteiger partial charge >= 0.3 is 5.97 Å². The van der Waals surface area contributed by atoms with Gasteiger partial charge in [-0.3, -0.25) is 24.1 Å². The molecule has 2 fully saturated rings. The number of imidazole rings is 1. The summed E-state index contributed by atoms with van der Waals surface area (Å²) in [6, 6.07) is 19.8. The molecule has 2 amide bonds. The number of Topliss-reactive ketones (excluding diaryl/α,β-unsaturated/α-hetero) is 1. The standard InChI is InChI=1S/C56H67BrN8O6S/c1-34-10-11-43(52-36(3)61-71-38(52)5)26-50(34)64(44-16-17-49(48(57)27-44)63-25-21-58-32-63)24-20-40-18-22-62(23-19-40)30-45(67)28-47(56(7,8)9)55(69)65-31-46(70-39(6)66)29-51(65)54(68)60-35(2)41-12-14-42(15-13-41)53-37(4)59-33-72-53/h10-17,21,25-27,32-33,35,40,46-47,51H,18-20,22-24,28-31H2,1-9H3,(H,60,68)/t35-,46+,47+,51-/m0/s1. The molecule has 0 unspecified atom stereocenters. The van der Waals surface area contributed by atoms with Crippen molar-refractivity contribution in [2.45, 2.75) is 113 Å². The van der Waals surface area contributed by atoms with E-state index in [0.717, 1.165) is 110 Å². The van der Waals surface area contributed by atoms with Crippen molar-refractivity contribution in [1.82, 2.24) is 34.8 Å². The fraction of sp³-hybridized carbons (Fsp3) is 0.446. The summed E-state index contributed by atoms with van der Waals surface area (Å²) in [6.45, 7) is 19.9. The Bertz CT molecular complexity index is 2860. The lowest BCUT2D eigenvalue weighted by Gasteiger charge is -2.36. The van der Waals surface area contributed by atoms with Gasteiger partial charge in [-0.05, 0) is 141 Å². The number of hydrogen-bond donors (Lipinski definition) is 1. The molecule has 0 saturated carbocycles. The van der Waals surface area contributed by atoms with Crippen LogP contribution in [0.3, 0.4) is 0 Å². The number of ether oxygens (including phenoxy) is 1. The minimum absolute atomic E-state index is 0.00593. The van der Waals surface area contributed by atoms with Crippen LogP contribution in [0.1, 0.15) is 101 Å². The normalized spacial score (nSPS) is 17.4. The number of rotatable bonds is 17. The molecule has 2 saturated heterocycles. The summed E-state index contributed by atoms with van der Waals surface area (Å²) in [5, 5.41) is 7.36. The second kappa shape index (κ2) is 22.4. The van der Waals surface area contributed by atoms with Gasteiger partial charge in [-0.15, -0.1) is 11.3 Å². The molecule has 72 heavy (non-hydrogen) atoms. The van der Waals surface area contributed by atoms with Crippen LogP contribution in [0.2, 0.25) is 0 Å². The molecule has 3 aromatic heterocycles. The Hall–Kier alpha value is -5.97. The Morgan fingerprint density at radius 2 is 1.71 bits per heavy atom. The zero-order valence-electron chi connectivity index (χ0n) is 42.9. The van der Waals surface area contributed by atoms with Crippen LogP contribution in [0, 0.1) is 44.9 Å². The van der Waals surface area contributed by atoms with E-state index in [0.29, 0.717) is 5.92 Å². The van der Waals surface area contributed by atoms with Gasteiger partial charge in [0.25, 0.3) is 0 Å². The first-order valence-electron chi connectivity index (χ1n) is 25.0. The molecule has 6 aromatic rings. The van der Waals surface area contributed by atoms with Crippen molar-refractivity contribution < 1.29 is 28.4 Å². The minimum atomic E-state index is -0.864. The highest BCUT2D eigenvalue weighted by molar-refractivity contribution is 9.10. The zero-order chi connectivity index (χ0) is 51.4. The smallest absolute Gasteiger partial charge is 0.302 e. The summed E-state index contributed by atoms with van der Waals surface area (Å²) in [5.41, 5.74) is 11.4. The van der Waals surface area contributed by atoms with E-state index in [2.05, 4.69) is 89.5 Å². The molecule has 3 aromatic carbocycles. The third kappa shape index (κ3) is 12.1. The number of nitrogens with one attached hydrogen (secondary N) is 1. The molecule has 14 nitrogen and oxygen atoms in total. The van der Waals surface area contributed by atoms with E-state index in [-0.39, 0.29) is 49.6 Å². The zero-order valence-corrected chi connectivity index (χ0v) is 45.3. The number of halogens is 1. The molecule has 4 atom stereocenters. The number of thiazole rings is 1. The topological polar surface area (TPSA) is 156 Å². The fourth-order valence-corrected chi connectivity index (χ4v) is 11.8. The highest BCUT2D eigenvalue weighted by Gasteiger charge is 2.46. The number of piperidine rings is 1. The number of benzene rings is 3. The van der Waals surface area contributed by atoms with Crippen molar-refractivity contribution in [3.63, 3.8) is 0 Å². The van der Waals surface area contributed by atoms with Gasteiger partial charge in [0.2, 0.25) is 11.8 Å². The summed E-state index contributed by atoms with van der Waals surface area (Å²) in [6.07, 6.45) is 7.92. The number of anilines is 2. The summed E-state index contributed by atoms with van der Waals surface area (Å²) in [4.78, 5) is 70.9. The van der Waals surface area contributed by atoms with Crippen molar-refractivity contribution in [1.29, 1.82) is 0 Å². The number of nitrogens with zero attached hydrogens (tertiary/aromatic N) is 7. The van der Waals surface area contributed by atoms with Crippen LogP contribution in [0.25, 0.3) is 27.3 Å². The number of hydrogen-bond acceptors (Lipinski definition) is 12. The van der Waals surface area contributed by atoms with E-state index >= 15 is 0 Å². The molecule has 1 N–H and O–H groups in total. The molecule has 0 radical (unpaired) electrons. The molecule has 380 valence electrons. The van der Waals surface area contributed by atoms with Gasteiger partial charge in [-0.2, -0.15) is 0 Å². The van der Waals surface area contributed by atoms with Gasteiger partial charge in [0, 0.05) is 66.0 Å². The van der Waals surface area contributed by atoms with Crippen molar-refractivity contribution in [3.8, 4) is 27.3 Å². The maximum atomic E-state index is 14.7. The third-order valence-electron chi connectivity index (χ3n) is 14.4. The first-order chi connectivity index (χ1) is 34.3. The molecule has 0 aliphatic carbocycles. The number of likely N-dealkylation sites (tertiary alicyclic amines) is 2. The molecular formula is C56H67BrN8O6S. The predicted molar refractivity (Wildman–Crippen MR) is 285 cm³/mol. The van der Waals surface area contributed by atoms with Crippen LogP contribution >= 0.6 is 27.3 Å². The summed E-state index contributed by atoms with van der Waals surface area (Å²) >= 11 is 5.44. The predicted octanol–water partition coefficient (Wildman–Crippen LogP) is 10.9. The number of amides is 2. The van der Waals surface area contributed by atoms with E-state index in [1.165, 1.54) is 6.92 Å². The first-order valence-corrected chi connectivity index (χ1v) is 26.6. The average molecular weight is 1060 g/mol. The van der Waals surface area contributed by atoms with Crippen LogP contribution < -0.4 is 10.2 Å². The summed E-state index contributed by atoms with van der Waals surface area (Å²) < 4.78 is 14.1. The van der Waals surface area contributed by atoms with Crippen LogP contribution in [0.4, 0.5) is 11.4 Å². The quantitative estimate of drug-likeness (QED) is 0.0868. The Kier molecular flexibility index (Phi) is 16.3. The van der Waals surface area contributed by atoms with Gasteiger partial charge in [0.15, 0.2) is 0 Å². The van der Waals surface area contributed by atoms with E-state index < -0.39 is 29.4 Å². The van der Waals surface area contributed by atoms with E-state index in [4.69, 9.17) is 9.26 Å². The number of carbonyl (C=O) groups is 4. The highest BCUT2D eigenvalue weighted by atomic mass is 79.9. The maximum Gasteiger partial charge on any atom is 0.302 e. The Morgan fingerprint density at radius 3 is 2.33 bits per heavy atom. The second-order valence-electron chi connectivity index (χ2n) is 20.7. The average Bonchev–Trinajstić information content (AvgIpc) is 4.18. The SMILES string of the molecule is CC(=O)O[C@@H]1C[C@@H](C(=O)N[C@@H](C)c2ccc(-c3scnc3C)cc2)N(C(=O)[C@@H](CC(=O)CN2CCC(CCN(c3ccc(-n4ccnc4)c(Br)c3)c3cc(-c4c(C)noc4C)ccc3C)CC2)C(C)(C)C)C1. The third-order valence-corrected chi connectivity index (χ3v) is 16.1. The Labute approximate surface area is 435 Å². The number of carbonyl (C=O) groups excluding carboxylic acids is 4. The molecule has 2 aliphatic rings. The van der Waals surface area contributed by atoms with Crippen molar-refractivity contribution in [3.05, 3.63) is 118 Å². The second-order valence-corrected chi connectivity index (χ2v) is 22.4. The molecule has 5 heterocycles. The lowest BCUT2D eigenvalue weighted by atomic mass is 9.76. The van der Waals surface area contributed by atoms with E-state index in [1.54, 1.807) is 28.8 Å². The van der Waals surface area contributed by atoms with E-state index in [9.17, 15) is 19.2 Å². The van der Waals surface area contributed by atoms with Crippen molar-refractivity contribution in [2.24, 2.45) is 17.3 Å². The van der Waals surface area contributed by atoms with Gasteiger partial charge < -0.3 is 28.9 Å².